The van der Waals surface area contributed by atoms with E-state index in [1.165, 1.54) is 18.7 Å². The highest BCUT2D eigenvalue weighted by Gasteiger charge is 2.45. The third-order valence-corrected chi connectivity index (χ3v) is 19.6. The number of rotatable bonds is 35. The summed E-state index contributed by atoms with van der Waals surface area (Å²) in [7, 11) is -1.06. The first-order valence-corrected chi connectivity index (χ1v) is 32.9. The number of hydrogen-bond acceptors (Lipinski definition) is 14. The predicted molar refractivity (Wildman–Crippen MR) is 314 cm³/mol. The van der Waals surface area contributed by atoms with Crippen LogP contribution in [-0.2, 0) is 44.5 Å². The number of amides is 9. The van der Waals surface area contributed by atoms with E-state index < -0.39 is 55.1 Å². The molecule has 6 rings (SSSR count). The molecule has 20 nitrogen and oxygen atoms in total. The number of benzene rings is 3. The first-order valence-electron chi connectivity index (χ1n) is 27.7. The van der Waals surface area contributed by atoms with Crippen LogP contribution in [0.1, 0.15) is 103 Å². The maximum atomic E-state index is 15.0. The lowest BCUT2D eigenvalue weighted by molar-refractivity contribution is -0.141. The number of likely N-dealkylation sites (tertiary alicyclic amines) is 1. The molecule has 0 aromatic heterocycles. The maximum absolute atomic E-state index is 15.0. The molecule has 0 bridgehead atoms. The fraction of sp³-hybridized carbons (Fsp3) is 0.536. The van der Waals surface area contributed by atoms with Crippen LogP contribution in [0.2, 0.25) is 0 Å². The molecule has 3 aliphatic rings. The quantitative estimate of drug-likeness (QED) is 0.0141. The molecule has 3 saturated heterocycles. The SMILES string of the molecule is C[C@H](NC(=O)CCCC(=O)NCCSSCCNC(=O)CCCCCNC(=O)CCCC[C@@H]1SC[C@@H]2NC(=O)N[C@@H]21)C(=O)N[C@@H](C)C(=O)N1CCC[C@H]1C(=O)NC(Cc1ccccc1)P(=O)(Oc1ccccc1)Oc1ccccc1. The Hall–Kier alpha value is -5.90. The molecule has 1 unspecified atom stereocenters. The van der Waals surface area contributed by atoms with Crippen LogP contribution in [0.25, 0.3) is 0 Å². The molecule has 3 fully saturated rings. The van der Waals surface area contributed by atoms with Gasteiger partial charge in [0.25, 0.3) is 0 Å². The first-order chi connectivity index (χ1) is 38.7. The van der Waals surface area contributed by atoms with E-state index in [2.05, 4.69) is 42.5 Å². The Morgan fingerprint density at radius 2 is 1.23 bits per heavy atom. The van der Waals surface area contributed by atoms with E-state index in [0.29, 0.717) is 62.1 Å². The summed E-state index contributed by atoms with van der Waals surface area (Å²) in [6.45, 7) is 4.83. The van der Waals surface area contributed by atoms with Gasteiger partial charge in [-0.3, -0.25) is 33.6 Å². The van der Waals surface area contributed by atoms with Gasteiger partial charge in [-0.15, -0.1) is 0 Å². The third-order valence-electron chi connectivity index (χ3n) is 13.6. The van der Waals surface area contributed by atoms with Crippen molar-refractivity contribution in [3.05, 3.63) is 96.6 Å². The summed E-state index contributed by atoms with van der Waals surface area (Å²) in [5, 5.41) is 23.3. The summed E-state index contributed by atoms with van der Waals surface area (Å²) >= 11 is 1.89. The lowest BCUT2D eigenvalue weighted by atomic mass is 10.0. The van der Waals surface area contributed by atoms with E-state index in [-0.39, 0.29) is 79.6 Å². The molecular formula is C56H78N9O11PS3. The Morgan fingerprint density at radius 3 is 1.85 bits per heavy atom. The molecule has 0 saturated carbocycles. The van der Waals surface area contributed by atoms with Gasteiger partial charge in [0.1, 0.15) is 29.6 Å². The third kappa shape index (κ3) is 21.5. The Labute approximate surface area is 481 Å². The number of fused-ring (bicyclic) bond motifs is 1. The lowest BCUT2D eigenvalue weighted by Crippen LogP contribution is -2.56. The number of urea groups is 1. The van der Waals surface area contributed by atoms with Crippen molar-refractivity contribution in [1.82, 2.24) is 47.4 Å². The Balaban J connectivity index is 0.788. The fourth-order valence-corrected chi connectivity index (χ4v) is 14.6. The maximum Gasteiger partial charge on any atom is 0.453 e. The molecule has 436 valence electrons. The van der Waals surface area contributed by atoms with Crippen LogP contribution in [0.4, 0.5) is 4.79 Å². The van der Waals surface area contributed by atoms with Crippen molar-refractivity contribution in [2.24, 2.45) is 0 Å². The fourth-order valence-electron chi connectivity index (χ4n) is 9.42. The Morgan fingerprint density at radius 1 is 0.662 bits per heavy atom. The van der Waals surface area contributed by atoms with E-state index in [4.69, 9.17) is 9.05 Å². The van der Waals surface area contributed by atoms with Crippen LogP contribution in [0, 0.1) is 0 Å². The number of nitrogens with zero attached hydrogens (tertiary/aromatic N) is 1. The summed E-state index contributed by atoms with van der Waals surface area (Å²) in [6.07, 6.45) is 7.42. The Kier molecular flexibility index (Phi) is 26.7. The molecular weight excluding hydrogens is 1100 g/mol. The van der Waals surface area contributed by atoms with Gasteiger partial charge in [0.15, 0.2) is 5.78 Å². The van der Waals surface area contributed by atoms with Crippen LogP contribution >= 0.6 is 40.9 Å². The molecule has 80 heavy (non-hydrogen) atoms. The molecule has 7 atom stereocenters. The van der Waals surface area contributed by atoms with E-state index in [1.807, 2.05) is 42.1 Å². The average molecular weight is 1180 g/mol. The largest absolute Gasteiger partial charge is 0.453 e. The number of hydrogen-bond donors (Lipinski definition) is 8. The molecule has 0 aliphatic carbocycles. The second-order valence-corrected chi connectivity index (χ2v) is 26.0. The number of nitrogens with one attached hydrogen (secondary N) is 8. The highest BCUT2D eigenvalue weighted by atomic mass is 33.1. The van der Waals surface area contributed by atoms with Crippen molar-refractivity contribution in [3.63, 3.8) is 0 Å². The van der Waals surface area contributed by atoms with Gasteiger partial charge < -0.3 is 56.5 Å². The molecule has 3 aromatic rings. The minimum Gasteiger partial charge on any atom is -0.415 e. The first kappa shape index (κ1) is 63.3. The van der Waals surface area contributed by atoms with Crippen molar-refractivity contribution in [2.75, 3.05) is 43.4 Å². The minimum atomic E-state index is -4.24. The van der Waals surface area contributed by atoms with Gasteiger partial charge in [0.05, 0.1) is 12.1 Å². The summed E-state index contributed by atoms with van der Waals surface area (Å²) in [5.41, 5.74) is 0.764. The summed E-state index contributed by atoms with van der Waals surface area (Å²) in [6, 6.07) is 23.6. The van der Waals surface area contributed by atoms with Crippen LogP contribution in [-0.4, -0.2) is 137 Å². The summed E-state index contributed by atoms with van der Waals surface area (Å²) in [5.74, 6) is -0.538. The van der Waals surface area contributed by atoms with Crippen LogP contribution in [0.3, 0.4) is 0 Å². The van der Waals surface area contributed by atoms with E-state index in [0.717, 1.165) is 49.8 Å². The standard InChI is InChI=1S/C56H78N9O11PS3/c1-39(60-50(69)30-17-29-49(68)59-33-36-80-79-35-32-58-48(67)27-13-6-16-31-57-47(66)28-15-14-26-46-52-44(38-78-46)62-56(73)64-52)53(70)61-40(2)55(72)65-34-18-25-45(65)54(71)63-51(37-41-19-7-3-8-20-41)77(74,75-42-21-9-4-10-22-42)76-43-23-11-5-12-24-43/h3-5,7-12,19-24,39-40,44-46,51-52H,6,13-18,25-38H2,1-2H3,(H,57,66)(H,58,67)(H,59,68)(H,60,69)(H,61,70)(H,63,71)(H2,62,64,73)/t39-,40-,44-,45-,46-,51?,52-/m0/s1. The smallest absolute Gasteiger partial charge is 0.415 e. The van der Waals surface area contributed by atoms with Crippen LogP contribution in [0.5, 0.6) is 11.5 Å². The number of carbonyl (C=O) groups excluding carboxylic acids is 8. The van der Waals surface area contributed by atoms with Gasteiger partial charge in [0.2, 0.25) is 41.4 Å². The average Bonchev–Trinajstić information content (AvgIpc) is 4.19. The second kappa shape index (κ2) is 33.8. The topological polar surface area (TPSA) is 272 Å². The second-order valence-electron chi connectivity index (χ2n) is 20.0. The minimum absolute atomic E-state index is 0.00142. The molecule has 0 radical (unpaired) electrons. The molecule has 3 aliphatic heterocycles. The van der Waals surface area contributed by atoms with Crippen LogP contribution < -0.4 is 51.6 Å². The van der Waals surface area contributed by atoms with Crippen molar-refractivity contribution in [3.8, 4) is 11.5 Å². The Bertz CT molecular complexity index is 2500. The summed E-state index contributed by atoms with van der Waals surface area (Å²) in [4.78, 5) is 104. The zero-order valence-corrected chi connectivity index (χ0v) is 49.0. The van der Waals surface area contributed by atoms with E-state index in [1.54, 1.807) is 82.3 Å². The molecule has 24 heteroatoms. The molecule has 9 amide bonds. The highest BCUT2D eigenvalue weighted by molar-refractivity contribution is 8.76. The molecule has 0 spiro atoms. The monoisotopic (exact) mass is 1180 g/mol. The number of thioether (sulfide) groups is 1. The number of para-hydroxylation sites is 2. The molecule has 3 aromatic carbocycles. The van der Waals surface area contributed by atoms with Crippen molar-refractivity contribution >= 4 is 88.3 Å². The van der Waals surface area contributed by atoms with Gasteiger partial charge in [-0.05, 0) is 88.6 Å². The van der Waals surface area contributed by atoms with Gasteiger partial charge in [0, 0.05) is 80.8 Å². The number of unbranched alkanes of at least 4 members (excludes halogenated alkanes) is 3. The number of carbonyl (C=O) groups is 8. The van der Waals surface area contributed by atoms with Crippen molar-refractivity contribution in [2.45, 2.75) is 145 Å². The van der Waals surface area contributed by atoms with Crippen LogP contribution in [0.15, 0.2) is 91.0 Å². The van der Waals surface area contributed by atoms with Gasteiger partial charge in [-0.25, -0.2) is 9.36 Å². The normalized spacial score (nSPS) is 18.5. The van der Waals surface area contributed by atoms with Gasteiger partial charge in [-0.1, -0.05) is 101 Å². The zero-order chi connectivity index (χ0) is 57.1. The van der Waals surface area contributed by atoms with Crippen molar-refractivity contribution in [1.29, 1.82) is 0 Å². The molecule has 8 N–H and O–H groups in total. The lowest BCUT2D eigenvalue weighted by Gasteiger charge is -2.31. The zero-order valence-electron chi connectivity index (χ0n) is 45.7. The summed E-state index contributed by atoms with van der Waals surface area (Å²) < 4.78 is 27.3. The van der Waals surface area contributed by atoms with E-state index in [9.17, 15) is 38.4 Å². The van der Waals surface area contributed by atoms with Gasteiger partial charge >= 0.3 is 13.6 Å². The molecule has 3 heterocycles. The predicted octanol–water partition coefficient (Wildman–Crippen LogP) is 6.21. The highest BCUT2D eigenvalue weighted by Crippen LogP contribution is 2.53. The van der Waals surface area contributed by atoms with Crippen molar-refractivity contribution < 1.29 is 52.0 Å². The van der Waals surface area contributed by atoms with E-state index >= 15 is 4.57 Å². The van der Waals surface area contributed by atoms with Gasteiger partial charge in [-0.2, -0.15) is 11.8 Å².